The number of amides is 1. The Balaban J connectivity index is 3.50. The van der Waals surface area contributed by atoms with E-state index in [9.17, 15) is 20.1 Å². The molecular weight excluding hydrogens is 739 g/mol. The van der Waals surface area contributed by atoms with Crippen molar-refractivity contribution in [2.45, 2.75) is 302 Å². The van der Waals surface area contributed by atoms with Crippen LogP contribution in [0.3, 0.4) is 0 Å². The fourth-order valence-corrected chi connectivity index (χ4v) is 8.29. The van der Waals surface area contributed by atoms with Crippen molar-refractivity contribution >= 4 is 5.91 Å². The molecule has 0 bridgehead atoms. The zero-order chi connectivity index (χ0) is 43.7. The fraction of sp³-hybridized carbons (Fsp3) is 0.873. The summed E-state index contributed by atoms with van der Waals surface area (Å²) in [4.78, 5) is 12.5. The first-order valence-corrected chi connectivity index (χ1v) is 26.8. The molecule has 3 atom stereocenters. The highest BCUT2D eigenvalue weighted by molar-refractivity contribution is 5.76. The molecule has 5 heteroatoms. The fourth-order valence-electron chi connectivity index (χ4n) is 8.29. The zero-order valence-electron chi connectivity index (χ0n) is 40.4. The van der Waals surface area contributed by atoms with Gasteiger partial charge < -0.3 is 20.6 Å². The molecule has 0 saturated carbocycles. The quantitative estimate of drug-likeness (QED) is 0.0363. The lowest BCUT2D eigenvalue weighted by atomic mass is 10.0. The first-order valence-electron chi connectivity index (χ1n) is 26.8. The molecule has 60 heavy (non-hydrogen) atoms. The molecule has 5 nitrogen and oxygen atoms in total. The van der Waals surface area contributed by atoms with Crippen LogP contribution in [0.5, 0.6) is 0 Å². The van der Waals surface area contributed by atoms with Gasteiger partial charge in [0, 0.05) is 0 Å². The molecule has 1 amide bonds. The Morgan fingerprint density at radius 2 is 0.717 bits per heavy atom. The summed E-state index contributed by atoms with van der Waals surface area (Å²) < 4.78 is 0. The summed E-state index contributed by atoms with van der Waals surface area (Å²) in [6, 6.07) is -0.759. The number of aliphatic hydroxyl groups is 3. The molecule has 4 N–H and O–H groups in total. The van der Waals surface area contributed by atoms with Crippen LogP contribution in [0.25, 0.3) is 0 Å². The second-order valence-corrected chi connectivity index (χ2v) is 18.5. The van der Waals surface area contributed by atoms with Gasteiger partial charge in [0.2, 0.25) is 5.91 Å². The number of carbonyl (C=O) groups excluding carboxylic acids is 1. The van der Waals surface area contributed by atoms with E-state index in [-0.39, 0.29) is 18.9 Å². The SMILES string of the molecule is CCCCCCCC/C=C/CC/C=C/C(O)C(CO)NC(=O)CC(O)CCCCCCCCCCCCCCCCC/C=C\CCCCCCCCCCCCCCCC. The van der Waals surface area contributed by atoms with Crippen molar-refractivity contribution in [2.24, 2.45) is 0 Å². The van der Waals surface area contributed by atoms with Gasteiger partial charge in [0.25, 0.3) is 0 Å². The van der Waals surface area contributed by atoms with Crippen LogP contribution in [0.15, 0.2) is 36.5 Å². The van der Waals surface area contributed by atoms with Gasteiger partial charge in [-0.1, -0.05) is 256 Å². The Morgan fingerprint density at radius 3 is 1.07 bits per heavy atom. The number of allylic oxidation sites excluding steroid dienone is 5. The van der Waals surface area contributed by atoms with Crippen molar-refractivity contribution in [3.05, 3.63) is 36.5 Å². The van der Waals surface area contributed by atoms with Crippen LogP contribution in [0.1, 0.15) is 284 Å². The topological polar surface area (TPSA) is 89.8 Å². The predicted molar refractivity (Wildman–Crippen MR) is 264 cm³/mol. The van der Waals surface area contributed by atoms with E-state index in [4.69, 9.17) is 0 Å². The smallest absolute Gasteiger partial charge is 0.222 e. The number of carbonyl (C=O) groups is 1. The monoisotopic (exact) mass is 844 g/mol. The van der Waals surface area contributed by atoms with Crippen LogP contribution < -0.4 is 5.32 Å². The summed E-state index contributed by atoms with van der Waals surface area (Å²) in [7, 11) is 0. The minimum absolute atomic E-state index is 0.00750. The van der Waals surface area contributed by atoms with Crippen molar-refractivity contribution in [2.75, 3.05) is 6.61 Å². The number of aliphatic hydroxyl groups excluding tert-OH is 3. The van der Waals surface area contributed by atoms with Crippen molar-refractivity contribution < 1.29 is 20.1 Å². The first kappa shape index (κ1) is 58.6. The van der Waals surface area contributed by atoms with Crippen LogP contribution in [-0.2, 0) is 4.79 Å². The number of rotatable bonds is 49. The van der Waals surface area contributed by atoms with Crippen molar-refractivity contribution in [3.8, 4) is 0 Å². The average molecular weight is 844 g/mol. The largest absolute Gasteiger partial charge is 0.394 e. The van der Waals surface area contributed by atoms with E-state index in [0.29, 0.717) is 6.42 Å². The van der Waals surface area contributed by atoms with Crippen LogP contribution in [0, 0.1) is 0 Å². The lowest BCUT2D eigenvalue weighted by molar-refractivity contribution is -0.124. The third-order valence-electron chi connectivity index (χ3n) is 12.4. The maximum atomic E-state index is 12.5. The highest BCUT2D eigenvalue weighted by Gasteiger charge is 2.20. The molecule has 0 aromatic rings. The normalized spacial score (nSPS) is 13.6. The minimum Gasteiger partial charge on any atom is -0.394 e. The molecule has 0 radical (unpaired) electrons. The molecule has 0 spiro atoms. The summed E-state index contributed by atoms with van der Waals surface area (Å²) in [5.41, 5.74) is 0. The Kier molecular flexibility index (Phi) is 49.0. The maximum absolute atomic E-state index is 12.5. The van der Waals surface area contributed by atoms with Gasteiger partial charge in [-0.3, -0.25) is 4.79 Å². The van der Waals surface area contributed by atoms with Gasteiger partial charge in [0.1, 0.15) is 0 Å². The van der Waals surface area contributed by atoms with Crippen LogP contribution in [-0.4, -0.2) is 46.1 Å². The van der Waals surface area contributed by atoms with Gasteiger partial charge in [-0.15, -0.1) is 0 Å². The van der Waals surface area contributed by atoms with E-state index in [1.165, 1.54) is 225 Å². The molecule has 0 aliphatic rings. The van der Waals surface area contributed by atoms with Crippen LogP contribution >= 0.6 is 0 Å². The Bertz CT molecular complexity index is 931. The highest BCUT2D eigenvalue weighted by Crippen LogP contribution is 2.17. The number of hydrogen-bond donors (Lipinski definition) is 4. The van der Waals surface area contributed by atoms with Gasteiger partial charge in [-0.25, -0.2) is 0 Å². The van der Waals surface area contributed by atoms with Gasteiger partial charge in [-0.2, -0.15) is 0 Å². The van der Waals surface area contributed by atoms with Crippen LogP contribution in [0.2, 0.25) is 0 Å². The van der Waals surface area contributed by atoms with Gasteiger partial charge in [0.05, 0.1) is 31.3 Å². The Morgan fingerprint density at radius 1 is 0.417 bits per heavy atom. The zero-order valence-corrected chi connectivity index (χ0v) is 40.4. The summed E-state index contributed by atoms with van der Waals surface area (Å²) in [5.74, 6) is -0.324. The number of hydrogen-bond acceptors (Lipinski definition) is 4. The van der Waals surface area contributed by atoms with Gasteiger partial charge in [0.15, 0.2) is 0 Å². The summed E-state index contributed by atoms with van der Waals surface area (Å²) >= 11 is 0. The van der Waals surface area contributed by atoms with Gasteiger partial charge in [-0.05, 0) is 57.8 Å². The molecular formula is C55H105NO4. The molecule has 0 rings (SSSR count). The molecule has 0 saturated heterocycles. The average Bonchev–Trinajstić information content (AvgIpc) is 3.24. The lowest BCUT2D eigenvalue weighted by Gasteiger charge is -2.21. The molecule has 0 aromatic heterocycles. The van der Waals surface area contributed by atoms with E-state index >= 15 is 0 Å². The molecule has 0 aromatic carbocycles. The van der Waals surface area contributed by atoms with Crippen molar-refractivity contribution in [1.29, 1.82) is 0 Å². The Hall–Kier alpha value is -1.43. The standard InChI is InChI=1S/C55H105NO4/c1-3-5-7-9-11-13-15-17-18-19-20-21-22-23-24-25-26-27-28-29-30-31-32-33-34-35-36-37-38-40-42-44-46-48-52(58)50-55(60)56-53(51-57)54(59)49-47-45-43-41-39-16-14-12-10-8-6-4-2/h25-26,39,41,47,49,52-54,57-59H,3-24,27-38,40,42-46,48,50-51H2,1-2H3,(H,56,60)/b26-25-,41-39+,49-47+. The van der Waals surface area contributed by atoms with E-state index in [2.05, 4.69) is 43.5 Å². The molecule has 0 fully saturated rings. The highest BCUT2D eigenvalue weighted by atomic mass is 16.3. The van der Waals surface area contributed by atoms with Crippen molar-refractivity contribution in [1.82, 2.24) is 5.32 Å². The van der Waals surface area contributed by atoms with Gasteiger partial charge >= 0.3 is 0 Å². The molecule has 0 heterocycles. The first-order chi connectivity index (χ1) is 29.5. The van der Waals surface area contributed by atoms with E-state index in [0.717, 1.165) is 32.1 Å². The molecule has 0 aliphatic carbocycles. The second-order valence-electron chi connectivity index (χ2n) is 18.5. The van der Waals surface area contributed by atoms with Crippen LogP contribution in [0.4, 0.5) is 0 Å². The third-order valence-corrected chi connectivity index (χ3v) is 12.4. The Labute approximate surface area is 374 Å². The maximum Gasteiger partial charge on any atom is 0.222 e. The van der Waals surface area contributed by atoms with E-state index in [1.807, 2.05) is 6.08 Å². The van der Waals surface area contributed by atoms with Crippen molar-refractivity contribution in [3.63, 3.8) is 0 Å². The molecule has 3 unspecified atom stereocenters. The molecule has 354 valence electrons. The minimum atomic E-state index is -0.950. The predicted octanol–water partition coefficient (Wildman–Crippen LogP) is 16.3. The van der Waals surface area contributed by atoms with E-state index < -0.39 is 18.2 Å². The summed E-state index contributed by atoms with van der Waals surface area (Å²) in [5, 5.41) is 33.2. The lowest BCUT2D eigenvalue weighted by Crippen LogP contribution is -2.45. The number of unbranched alkanes of at least 4 members (excludes halogenated alkanes) is 36. The summed E-state index contributed by atoms with van der Waals surface area (Å²) in [6.45, 7) is 4.20. The second kappa shape index (κ2) is 50.2. The number of nitrogens with one attached hydrogen (secondary N) is 1. The third kappa shape index (κ3) is 46.1. The summed E-state index contributed by atoms with van der Waals surface area (Å²) in [6.07, 6.45) is 64.9. The van der Waals surface area contributed by atoms with E-state index in [1.54, 1.807) is 6.08 Å². The molecule has 0 aliphatic heterocycles.